The van der Waals surface area contributed by atoms with Crippen molar-refractivity contribution in [2.75, 3.05) is 13.2 Å². The smallest absolute Gasteiger partial charge is 0.108 e. The van der Waals surface area contributed by atoms with Crippen molar-refractivity contribution in [3.8, 4) is 0 Å². The Hall–Kier alpha value is -0.870. The van der Waals surface area contributed by atoms with Crippen LogP contribution >= 0.6 is 0 Å². The van der Waals surface area contributed by atoms with E-state index in [9.17, 15) is 5.11 Å². The Bertz CT molecular complexity index is 284. The summed E-state index contributed by atoms with van der Waals surface area (Å²) in [7, 11) is 1.98. The molecule has 0 spiro atoms. The van der Waals surface area contributed by atoms with E-state index < -0.39 is 0 Å². The van der Waals surface area contributed by atoms with Crippen LogP contribution in [0.5, 0.6) is 0 Å². The van der Waals surface area contributed by atoms with Crippen molar-refractivity contribution in [1.82, 2.24) is 9.55 Å². The molecule has 3 N–H and O–H groups in total. The molecule has 1 unspecified atom stereocenters. The van der Waals surface area contributed by atoms with Crippen LogP contribution in [-0.2, 0) is 13.5 Å². The first kappa shape index (κ1) is 12.2. The van der Waals surface area contributed by atoms with Gasteiger partial charge < -0.3 is 15.4 Å². The average Bonchev–Trinajstić information content (AvgIpc) is 2.67. The minimum Gasteiger partial charge on any atom is -0.396 e. The summed E-state index contributed by atoms with van der Waals surface area (Å²) in [6.45, 7) is 2.76. The number of nitrogens with two attached hydrogens (primary N) is 1. The van der Waals surface area contributed by atoms with Gasteiger partial charge in [0.15, 0.2) is 0 Å². The van der Waals surface area contributed by atoms with Gasteiger partial charge in [0.25, 0.3) is 0 Å². The van der Waals surface area contributed by atoms with Gasteiger partial charge in [-0.05, 0) is 12.8 Å². The van der Waals surface area contributed by atoms with Gasteiger partial charge in [0.1, 0.15) is 5.82 Å². The fourth-order valence-corrected chi connectivity index (χ4v) is 1.69. The summed E-state index contributed by atoms with van der Waals surface area (Å²) in [5, 5.41) is 9.37. The average molecular weight is 211 g/mol. The number of imidazole rings is 1. The molecule has 4 nitrogen and oxygen atoms in total. The zero-order chi connectivity index (χ0) is 11.3. The first-order valence-electron chi connectivity index (χ1n) is 5.44. The highest BCUT2D eigenvalue weighted by atomic mass is 16.3. The van der Waals surface area contributed by atoms with Gasteiger partial charge in [0.05, 0.1) is 0 Å². The van der Waals surface area contributed by atoms with Crippen molar-refractivity contribution >= 4 is 0 Å². The Balaban J connectivity index is 2.58. The van der Waals surface area contributed by atoms with Gasteiger partial charge in [-0.3, -0.25) is 0 Å². The predicted molar refractivity (Wildman–Crippen MR) is 60.4 cm³/mol. The van der Waals surface area contributed by atoms with Crippen molar-refractivity contribution < 1.29 is 5.11 Å². The van der Waals surface area contributed by atoms with E-state index in [0.29, 0.717) is 6.54 Å². The third-order valence-corrected chi connectivity index (χ3v) is 3.32. The largest absolute Gasteiger partial charge is 0.396 e. The van der Waals surface area contributed by atoms with Gasteiger partial charge in [0, 0.05) is 44.4 Å². The van der Waals surface area contributed by atoms with E-state index in [1.54, 1.807) is 6.20 Å². The molecule has 0 saturated heterocycles. The monoisotopic (exact) mass is 211 g/mol. The molecule has 4 heteroatoms. The Morgan fingerprint density at radius 2 is 2.33 bits per heavy atom. The molecule has 15 heavy (non-hydrogen) atoms. The van der Waals surface area contributed by atoms with E-state index in [-0.39, 0.29) is 12.0 Å². The highest BCUT2D eigenvalue weighted by Gasteiger charge is 2.25. The summed E-state index contributed by atoms with van der Waals surface area (Å²) in [6.07, 6.45) is 6.40. The summed E-state index contributed by atoms with van der Waals surface area (Å²) in [5.41, 5.74) is 5.59. The van der Waals surface area contributed by atoms with Crippen LogP contribution in [0.15, 0.2) is 12.4 Å². The van der Waals surface area contributed by atoms with Gasteiger partial charge in [0.2, 0.25) is 0 Å². The molecule has 0 aliphatic rings. The highest BCUT2D eigenvalue weighted by molar-refractivity contribution is 4.93. The Morgan fingerprint density at radius 3 is 2.73 bits per heavy atom. The van der Waals surface area contributed by atoms with Crippen LogP contribution in [0, 0.1) is 5.41 Å². The maximum atomic E-state index is 9.37. The number of nitrogens with zero attached hydrogens (tertiary/aromatic N) is 2. The SMILES string of the molecule is CCC(CN)(CO)CCc1nccn1C. The molecule has 0 aliphatic heterocycles. The Labute approximate surface area is 91.1 Å². The standard InChI is InChI=1S/C11H21N3O/c1-3-11(8-12,9-15)5-4-10-13-6-7-14(10)2/h6-7,15H,3-5,8-9,12H2,1-2H3. The van der Waals surface area contributed by atoms with Crippen LogP contribution in [0.25, 0.3) is 0 Å². The van der Waals surface area contributed by atoms with E-state index >= 15 is 0 Å². The lowest BCUT2D eigenvalue weighted by Crippen LogP contribution is -2.34. The Kier molecular flexibility index (Phi) is 4.29. The number of hydrogen-bond donors (Lipinski definition) is 2. The summed E-state index contributed by atoms with van der Waals surface area (Å²) in [4.78, 5) is 4.26. The van der Waals surface area contributed by atoms with Gasteiger partial charge >= 0.3 is 0 Å². The van der Waals surface area contributed by atoms with E-state index in [1.807, 2.05) is 17.8 Å². The van der Waals surface area contributed by atoms with Crippen molar-refractivity contribution in [3.63, 3.8) is 0 Å². The second-order valence-corrected chi connectivity index (χ2v) is 4.17. The van der Waals surface area contributed by atoms with Crippen LogP contribution in [0.4, 0.5) is 0 Å². The van der Waals surface area contributed by atoms with Crippen LogP contribution in [0.2, 0.25) is 0 Å². The lowest BCUT2D eigenvalue weighted by molar-refractivity contribution is 0.117. The normalized spacial score (nSPS) is 15.2. The van der Waals surface area contributed by atoms with Crippen LogP contribution in [-0.4, -0.2) is 27.8 Å². The minimum absolute atomic E-state index is 0.133. The van der Waals surface area contributed by atoms with Crippen molar-refractivity contribution in [3.05, 3.63) is 18.2 Å². The van der Waals surface area contributed by atoms with Crippen molar-refractivity contribution in [2.24, 2.45) is 18.2 Å². The molecule has 0 aromatic carbocycles. The number of aryl methyl sites for hydroxylation is 2. The lowest BCUT2D eigenvalue weighted by Gasteiger charge is -2.28. The van der Waals surface area contributed by atoms with E-state index in [4.69, 9.17) is 5.73 Å². The molecule has 0 bridgehead atoms. The highest BCUT2D eigenvalue weighted by Crippen LogP contribution is 2.25. The summed E-state index contributed by atoms with van der Waals surface area (Å²) >= 11 is 0. The number of aliphatic hydroxyl groups excluding tert-OH is 1. The molecule has 0 amide bonds. The molecule has 1 rings (SSSR count). The number of hydrogen-bond acceptors (Lipinski definition) is 3. The quantitative estimate of drug-likeness (QED) is 0.728. The van der Waals surface area contributed by atoms with E-state index in [1.165, 1.54) is 0 Å². The molecular weight excluding hydrogens is 190 g/mol. The second kappa shape index (κ2) is 5.28. The third-order valence-electron chi connectivity index (χ3n) is 3.32. The first-order chi connectivity index (χ1) is 7.17. The zero-order valence-corrected chi connectivity index (χ0v) is 9.61. The molecule has 0 saturated carbocycles. The van der Waals surface area contributed by atoms with Crippen LogP contribution < -0.4 is 5.73 Å². The van der Waals surface area contributed by atoms with Gasteiger partial charge in [-0.2, -0.15) is 0 Å². The molecule has 1 heterocycles. The maximum absolute atomic E-state index is 9.37. The van der Waals surface area contributed by atoms with E-state index in [2.05, 4.69) is 11.9 Å². The minimum atomic E-state index is -0.133. The van der Waals surface area contributed by atoms with Crippen molar-refractivity contribution in [1.29, 1.82) is 0 Å². The predicted octanol–water partition coefficient (Wildman–Crippen LogP) is 0.700. The third kappa shape index (κ3) is 2.79. The summed E-state index contributed by atoms with van der Waals surface area (Å²) in [6, 6.07) is 0. The Morgan fingerprint density at radius 1 is 1.60 bits per heavy atom. The number of aromatic nitrogens is 2. The first-order valence-corrected chi connectivity index (χ1v) is 5.44. The zero-order valence-electron chi connectivity index (χ0n) is 9.61. The number of rotatable bonds is 6. The van der Waals surface area contributed by atoms with Crippen LogP contribution in [0.3, 0.4) is 0 Å². The molecule has 86 valence electrons. The molecule has 1 aromatic heterocycles. The van der Waals surface area contributed by atoms with Gasteiger partial charge in [-0.1, -0.05) is 6.92 Å². The fourth-order valence-electron chi connectivity index (χ4n) is 1.69. The fraction of sp³-hybridized carbons (Fsp3) is 0.727. The van der Waals surface area contributed by atoms with Crippen molar-refractivity contribution in [2.45, 2.75) is 26.2 Å². The van der Waals surface area contributed by atoms with E-state index in [0.717, 1.165) is 25.1 Å². The molecule has 1 atom stereocenters. The van der Waals surface area contributed by atoms with Gasteiger partial charge in [-0.25, -0.2) is 4.98 Å². The van der Waals surface area contributed by atoms with Crippen LogP contribution in [0.1, 0.15) is 25.6 Å². The molecule has 1 aromatic rings. The lowest BCUT2D eigenvalue weighted by atomic mass is 9.81. The summed E-state index contributed by atoms with van der Waals surface area (Å²) < 4.78 is 2.01. The molecule has 0 aliphatic carbocycles. The molecular formula is C11H21N3O. The van der Waals surface area contributed by atoms with Gasteiger partial charge in [-0.15, -0.1) is 0 Å². The summed E-state index contributed by atoms with van der Waals surface area (Å²) in [5.74, 6) is 1.05. The second-order valence-electron chi connectivity index (χ2n) is 4.17. The number of aliphatic hydroxyl groups is 1. The topological polar surface area (TPSA) is 64.1 Å². The molecule has 0 fully saturated rings. The molecule has 0 radical (unpaired) electrons. The maximum Gasteiger partial charge on any atom is 0.108 e.